The molecule has 0 saturated carbocycles. The highest BCUT2D eigenvalue weighted by Gasteiger charge is 2.13. The molecule has 4 heteroatoms. The van der Waals surface area contributed by atoms with E-state index in [9.17, 15) is 9.59 Å². The Labute approximate surface area is 101 Å². The molecular formula is C13H16N2O2. The molecule has 0 heterocycles. The molecule has 0 aliphatic carbocycles. The molecule has 1 aromatic rings. The average molecular weight is 232 g/mol. The van der Waals surface area contributed by atoms with Gasteiger partial charge in [-0.1, -0.05) is 42.5 Å². The van der Waals surface area contributed by atoms with Crippen molar-refractivity contribution in [2.45, 2.75) is 12.5 Å². The van der Waals surface area contributed by atoms with Crippen LogP contribution in [0.4, 0.5) is 0 Å². The van der Waals surface area contributed by atoms with E-state index in [2.05, 4.69) is 10.6 Å². The van der Waals surface area contributed by atoms with Crippen molar-refractivity contribution >= 4 is 18.4 Å². The topological polar surface area (TPSA) is 58.2 Å². The molecule has 0 aliphatic heterocycles. The first-order chi connectivity index (χ1) is 8.27. The minimum absolute atomic E-state index is 0.199. The molecule has 17 heavy (non-hydrogen) atoms. The maximum atomic E-state index is 11.4. The summed E-state index contributed by atoms with van der Waals surface area (Å²) in [6.45, 7) is 0. The first-order valence-corrected chi connectivity index (χ1v) is 5.41. The fraction of sp³-hybridized carbons (Fsp3) is 0.231. The van der Waals surface area contributed by atoms with E-state index in [1.807, 2.05) is 42.5 Å². The second-order valence-electron chi connectivity index (χ2n) is 3.50. The van der Waals surface area contributed by atoms with Gasteiger partial charge in [0.05, 0.1) is 0 Å². The summed E-state index contributed by atoms with van der Waals surface area (Å²) in [6, 6.07) is 9.26. The molecule has 1 atom stereocenters. The Kier molecular flexibility index (Phi) is 5.51. The Bertz CT molecular complexity index is 388. The lowest BCUT2D eigenvalue weighted by atomic mass is 10.1. The van der Waals surface area contributed by atoms with Crippen molar-refractivity contribution in [3.8, 4) is 0 Å². The zero-order valence-electron chi connectivity index (χ0n) is 9.72. The van der Waals surface area contributed by atoms with Gasteiger partial charge in [0.2, 0.25) is 12.3 Å². The number of likely N-dealkylation sites (N-methyl/N-ethyl adjacent to an activating group) is 1. The van der Waals surface area contributed by atoms with Crippen LogP contribution in [0.15, 0.2) is 36.4 Å². The zero-order chi connectivity index (χ0) is 12.5. The predicted molar refractivity (Wildman–Crippen MR) is 67.1 cm³/mol. The number of benzene rings is 1. The summed E-state index contributed by atoms with van der Waals surface area (Å²) < 4.78 is 0. The Balaban J connectivity index is 2.54. The third kappa shape index (κ3) is 4.51. The van der Waals surface area contributed by atoms with Crippen LogP contribution in [-0.2, 0) is 9.59 Å². The standard InChI is InChI=1S/C13H16N2O2/c1-14-13(17)12(15-10-16)9-5-8-11-6-3-2-4-7-11/h2-8,10,12H,9H2,1H3,(H,14,17)(H,15,16)/b8-5+. The van der Waals surface area contributed by atoms with Gasteiger partial charge in [0, 0.05) is 7.05 Å². The van der Waals surface area contributed by atoms with Crippen LogP contribution in [-0.4, -0.2) is 25.4 Å². The minimum Gasteiger partial charge on any atom is -0.357 e. The highest BCUT2D eigenvalue weighted by Crippen LogP contribution is 2.03. The lowest BCUT2D eigenvalue weighted by Gasteiger charge is -2.11. The van der Waals surface area contributed by atoms with Crippen molar-refractivity contribution < 1.29 is 9.59 Å². The van der Waals surface area contributed by atoms with Gasteiger partial charge in [0.15, 0.2) is 0 Å². The second-order valence-corrected chi connectivity index (χ2v) is 3.50. The molecule has 1 unspecified atom stereocenters. The van der Waals surface area contributed by atoms with E-state index < -0.39 is 6.04 Å². The Morgan fingerprint density at radius 3 is 2.65 bits per heavy atom. The Morgan fingerprint density at radius 2 is 2.06 bits per heavy atom. The molecule has 0 radical (unpaired) electrons. The van der Waals surface area contributed by atoms with Gasteiger partial charge in [0.25, 0.3) is 0 Å². The van der Waals surface area contributed by atoms with E-state index in [1.54, 1.807) is 7.05 Å². The van der Waals surface area contributed by atoms with Crippen LogP contribution in [0.5, 0.6) is 0 Å². The molecule has 4 nitrogen and oxygen atoms in total. The predicted octanol–water partition coefficient (Wildman–Crippen LogP) is 0.950. The SMILES string of the molecule is CNC(=O)C(C/C=C/c1ccccc1)NC=O. The summed E-state index contributed by atoms with van der Waals surface area (Å²) in [4.78, 5) is 21.7. The van der Waals surface area contributed by atoms with Gasteiger partial charge in [-0.2, -0.15) is 0 Å². The number of hydrogen-bond donors (Lipinski definition) is 2. The normalized spacial score (nSPS) is 12.1. The number of nitrogens with one attached hydrogen (secondary N) is 2. The fourth-order valence-electron chi connectivity index (χ4n) is 1.41. The number of carbonyl (C=O) groups excluding carboxylic acids is 2. The molecule has 0 fully saturated rings. The third-order valence-corrected chi connectivity index (χ3v) is 2.31. The summed E-state index contributed by atoms with van der Waals surface area (Å²) in [6.07, 6.45) is 4.79. The van der Waals surface area contributed by atoms with Crippen molar-refractivity contribution in [1.82, 2.24) is 10.6 Å². The van der Waals surface area contributed by atoms with Crippen molar-refractivity contribution in [1.29, 1.82) is 0 Å². The maximum Gasteiger partial charge on any atom is 0.242 e. The molecule has 0 bridgehead atoms. The quantitative estimate of drug-likeness (QED) is 0.717. The van der Waals surface area contributed by atoms with Gasteiger partial charge >= 0.3 is 0 Å². The molecule has 0 saturated heterocycles. The number of carbonyl (C=O) groups is 2. The van der Waals surface area contributed by atoms with E-state index in [0.29, 0.717) is 12.8 Å². The highest BCUT2D eigenvalue weighted by atomic mass is 16.2. The summed E-state index contributed by atoms with van der Waals surface area (Å²) in [5.74, 6) is -0.199. The largest absolute Gasteiger partial charge is 0.357 e. The summed E-state index contributed by atoms with van der Waals surface area (Å²) in [7, 11) is 1.54. The van der Waals surface area contributed by atoms with E-state index >= 15 is 0 Å². The molecule has 2 N–H and O–H groups in total. The third-order valence-electron chi connectivity index (χ3n) is 2.31. The molecular weight excluding hydrogens is 216 g/mol. The number of amides is 2. The zero-order valence-corrected chi connectivity index (χ0v) is 9.72. The smallest absolute Gasteiger partial charge is 0.242 e. The van der Waals surface area contributed by atoms with Gasteiger partial charge in [0.1, 0.15) is 6.04 Å². The van der Waals surface area contributed by atoms with Crippen LogP contribution in [0.1, 0.15) is 12.0 Å². The van der Waals surface area contributed by atoms with Gasteiger partial charge < -0.3 is 10.6 Å². The van der Waals surface area contributed by atoms with Crippen molar-refractivity contribution in [3.05, 3.63) is 42.0 Å². The Hall–Kier alpha value is -2.10. The second kappa shape index (κ2) is 7.22. The van der Waals surface area contributed by atoms with Crippen LogP contribution >= 0.6 is 0 Å². The summed E-state index contributed by atoms with van der Waals surface area (Å²) in [5, 5.41) is 4.98. The first-order valence-electron chi connectivity index (χ1n) is 5.41. The molecule has 0 spiro atoms. The lowest BCUT2D eigenvalue weighted by Crippen LogP contribution is -2.41. The van der Waals surface area contributed by atoms with Crippen LogP contribution in [0.3, 0.4) is 0 Å². The minimum atomic E-state index is -0.516. The van der Waals surface area contributed by atoms with Crippen LogP contribution < -0.4 is 10.6 Å². The summed E-state index contributed by atoms with van der Waals surface area (Å²) >= 11 is 0. The summed E-state index contributed by atoms with van der Waals surface area (Å²) in [5.41, 5.74) is 1.06. The van der Waals surface area contributed by atoms with Gasteiger partial charge in [-0.25, -0.2) is 0 Å². The Morgan fingerprint density at radius 1 is 1.35 bits per heavy atom. The van der Waals surface area contributed by atoms with E-state index in [4.69, 9.17) is 0 Å². The van der Waals surface area contributed by atoms with Crippen LogP contribution in [0, 0.1) is 0 Å². The maximum absolute atomic E-state index is 11.4. The average Bonchev–Trinajstić information content (AvgIpc) is 2.38. The lowest BCUT2D eigenvalue weighted by molar-refractivity contribution is -0.124. The molecule has 1 rings (SSSR count). The van der Waals surface area contributed by atoms with E-state index in [1.165, 1.54) is 0 Å². The van der Waals surface area contributed by atoms with Crippen LogP contribution in [0.2, 0.25) is 0 Å². The monoisotopic (exact) mass is 232 g/mol. The van der Waals surface area contributed by atoms with Crippen molar-refractivity contribution in [2.75, 3.05) is 7.05 Å². The highest BCUT2D eigenvalue weighted by molar-refractivity contribution is 5.83. The van der Waals surface area contributed by atoms with Gasteiger partial charge in [-0.15, -0.1) is 0 Å². The van der Waals surface area contributed by atoms with E-state index in [-0.39, 0.29) is 5.91 Å². The van der Waals surface area contributed by atoms with Crippen LogP contribution in [0.25, 0.3) is 6.08 Å². The van der Waals surface area contributed by atoms with Crippen molar-refractivity contribution in [3.63, 3.8) is 0 Å². The molecule has 0 aromatic heterocycles. The number of rotatable bonds is 6. The van der Waals surface area contributed by atoms with E-state index in [0.717, 1.165) is 5.56 Å². The molecule has 2 amide bonds. The fourth-order valence-corrected chi connectivity index (χ4v) is 1.41. The van der Waals surface area contributed by atoms with Gasteiger partial charge in [-0.05, 0) is 12.0 Å². The van der Waals surface area contributed by atoms with Gasteiger partial charge in [-0.3, -0.25) is 9.59 Å². The molecule has 0 aliphatic rings. The number of hydrogen-bond acceptors (Lipinski definition) is 2. The van der Waals surface area contributed by atoms with Crippen molar-refractivity contribution in [2.24, 2.45) is 0 Å². The molecule has 1 aromatic carbocycles. The first kappa shape index (κ1) is 13.0. The molecule has 90 valence electrons.